The summed E-state index contributed by atoms with van der Waals surface area (Å²) >= 11 is 6.11. The molecule has 0 saturated carbocycles. The molecule has 1 aliphatic heterocycles. The van der Waals surface area contributed by atoms with E-state index in [0.717, 1.165) is 5.75 Å². The maximum Gasteiger partial charge on any atom is 0.0434 e. The van der Waals surface area contributed by atoms with Gasteiger partial charge in [0, 0.05) is 79.8 Å². The van der Waals surface area contributed by atoms with E-state index in [2.05, 4.69) is 150 Å². The Balaban J connectivity index is 1.20. The largest absolute Gasteiger partial charge is 0.142 e. The van der Waals surface area contributed by atoms with Gasteiger partial charge in [-0.25, -0.2) is 0 Å². The second-order valence-corrected chi connectivity index (χ2v) is 21.7. The van der Waals surface area contributed by atoms with Gasteiger partial charge in [0.2, 0.25) is 0 Å². The third-order valence-electron chi connectivity index (χ3n) is 16.3. The summed E-state index contributed by atoms with van der Waals surface area (Å²) in [5.41, 5.74) is 3.17. The van der Waals surface area contributed by atoms with E-state index in [4.69, 9.17) is 0 Å². The van der Waals surface area contributed by atoms with E-state index in [1.54, 1.807) is 16.5 Å². The van der Waals surface area contributed by atoms with Crippen molar-refractivity contribution in [3.05, 3.63) is 149 Å². The third kappa shape index (κ3) is 3.20. The molecule has 19 rings (SSSR count). The van der Waals surface area contributed by atoms with Crippen LogP contribution in [0.4, 0.5) is 0 Å². The molecule has 0 N–H and O–H groups in total. The number of hydrogen-bond acceptors (Lipinski definition) is 3. The molecule has 1 aliphatic carbocycles. The summed E-state index contributed by atoms with van der Waals surface area (Å²) in [4.78, 5) is 1.52. The third-order valence-corrected chi connectivity index (χ3v) is 19.5. The van der Waals surface area contributed by atoms with Crippen molar-refractivity contribution in [2.24, 2.45) is 0 Å². The van der Waals surface area contributed by atoms with E-state index in [9.17, 15) is 0 Å². The van der Waals surface area contributed by atoms with Gasteiger partial charge in [-0.2, -0.15) is 0 Å². The van der Waals surface area contributed by atoms with Crippen molar-refractivity contribution >= 4 is 205 Å². The van der Waals surface area contributed by atoms with E-state index in [-0.39, 0.29) is 0 Å². The van der Waals surface area contributed by atoms with Gasteiger partial charge in [-0.15, -0.1) is 34.4 Å². The Labute approximate surface area is 368 Å². The number of fused-ring (bicyclic) bond motifs is 15. The molecular formula is C60H26S3. The van der Waals surface area contributed by atoms with E-state index in [1.165, 1.54) is 170 Å². The average molecular weight is 843 g/mol. The van der Waals surface area contributed by atoms with Gasteiger partial charge in [0.05, 0.1) is 0 Å². The lowest BCUT2D eigenvalue weighted by molar-refractivity contribution is 0.974. The van der Waals surface area contributed by atoms with Gasteiger partial charge in [-0.1, -0.05) is 72.8 Å². The van der Waals surface area contributed by atoms with Gasteiger partial charge >= 0.3 is 0 Å². The molecule has 3 heteroatoms. The highest BCUT2D eigenvalue weighted by Crippen LogP contribution is 2.66. The van der Waals surface area contributed by atoms with E-state index >= 15 is 0 Å². The predicted molar refractivity (Wildman–Crippen MR) is 280 cm³/mol. The van der Waals surface area contributed by atoms with Crippen LogP contribution in [-0.4, -0.2) is 5.75 Å². The molecule has 0 amide bonds. The van der Waals surface area contributed by atoms with E-state index < -0.39 is 0 Å². The number of thioether (sulfide) groups is 1. The Morgan fingerprint density at radius 2 is 0.714 bits per heavy atom. The minimum atomic E-state index is 0.318. The topological polar surface area (TPSA) is 0 Å². The van der Waals surface area contributed by atoms with Gasteiger partial charge < -0.3 is 0 Å². The quantitative estimate of drug-likeness (QED) is 0.108. The summed E-state index contributed by atoms with van der Waals surface area (Å²) in [6.07, 6.45) is 0. The van der Waals surface area contributed by atoms with Crippen LogP contribution in [0, 0.1) is 0 Å². The first kappa shape index (κ1) is 31.1. The SMILES string of the molecule is c1ccc2cc3c4c5c(cc3cc2c1)c1scc2c3c6cc7ccccc7cc6cc6c7scc8c9c%10cc%11ccccc%11cc%10cc%10c%11c(c%12c5c(c21)c(c63)c(c87)c%12c%109)C4CS%11. The lowest BCUT2D eigenvalue weighted by atomic mass is 9.71. The average Bonchev–Trinajstić information content (AvgIpc) is 4.09. The molecule has 1 atom stereocenters. The summed E-state index contributed by atoms with van der Waals surface area (Å²) in [5, 5.41) is 47.9. The first-order valence-electron chi connectivity index (χ1n) is 22.1. The molecule has 15 aromatic carbocycles. The summed E-state index contributed by atoms with van der Waals surface area (Å²) in [7, 11) is 0. The monoisotopic (exact) mass is 842 g/mol. The van der Waals surface area contributed by atoms with Crippen molar-refractivity contribution in [1.82, 2.24) is 0 Å². The van der Waals surface area contributed by atoms with Crippen molar-refractivity contribution in [1.29, 1.82) is 0 Å². The van der Waals surface area contributed by atoms with Crippen molar-refractivity contribution in [3.63, 3.8) is 0 Å². The lowest BCUT2D eigenvalue weighted by Crippen LogP contribution is -2.09. The Kier molecular flexibility index (Phi) is 4.89. The molecule has 2 aromatic heterocycles. The molecular weight excluding hydrogens is 817 g/mol. The van der Waals surface area contributed by atoms with Crippen LogP contribution in [0.25, 0.3) is 171 Å². The zero-order valence-electron chi connectivity index (χ0n) is 33.3. The van der Waals surface area contributed by atoms with Gasteiger partial charge in [0.25, 0.3) is 0 Å². The van der Waals surface area contributed by atoms with Crippen molar-refractivity contribution in [2.75, 3.05) is 5.75 Å². The summed E-state index contributed by atoms with van der Waals surface area (Å²) in [6.45, 7) is 0. The highest BCUT2D eigenvalue weighted by atomic mass is 32.2. The minimum absolute atomic E-state index is 0.318. The number of hydrogen-bond donors (Lipinski definition) is 0. The van der Waals surface area contributed by atoms with Crippen LogP contribution in [-0.2, 0) is 0 Å². The van der Waals surface area contributed by atoms with Gasteiger partial charge in [-0.3, -0.25) is 0 Å². The summed E-state index contributed by atoms with van der Waals surface area (Å²) in [5.74, 6) is 1.39. The molecule has 0 spiro atoms. The highest BCUT2D eigenvalue weighted by Gasteiger charge is 2.40. The maximum absolute atomic E-state index is 2.60. The molecule has 17 aromatic rings. The Morgan fingerprint density at radius 3 is 1.29 bits per heavy atom. The standard InChI is InChI=1S/C60H26S3/c1-4-10-28-16-34-31(13-25(28)7-1)19-37-46-43(34)40-22-62-59-38-20-32-14-26-8-3-6-12-30(26)18-36(32)45-42-24-63-60-39-21-33-15-27-9-2-5-11-29(27)17-35(33)44-41-23-61-58(37)50(41)56-52(46)55(49(40)59)53(47(38)45)57(51(42)60)54(56)48(39)44/h1-23,42H,24H2. The number of benzene rings is 15. The second-order valence-electron chi connectivity index (χ2n) is 18.9. The molecule has 1 unspecified atom stereocenters. The molecule has 63 heavy (non-hydrogen) atoms. The minimum Gasteiger partial charge on any atom is -0.142 e. The summed E-state index contributed by atoms with van der Waals surface area (Å²) < 4.78 is 2.90. The Bertz CT molecular complexity index is 5050. The first-order chi connectivity index (χ1) is 31.2. The van der Waals surface area contributed by atoms with Crippen LogP contribution in [0.1, 0.15) is 17.0 Å². The number of thiophene rings is 2. The van der Waals surface area contributed by atoms with Gasteiger partial charge in [-0.05, 0) is 184 Å². The smallest absolute Gasteiger partial charge is 0.0434 e. The van der Waals surface area contributed by atoms with Crippen molar-refractivity contribution in [3.8, 4) is 0 Å². The normalized spacial score (nSPS) is 15.7. The van der Waals surface area contributed by atoms with Crippen molar-refractivity contribution < 1.29 is 0 Å². The van der Waals surface area contributed by atoms with Crippen LogP contribution in [0.5, 0.6) is 0 Å². The zero-order valence-corrected chi connectivity index (χ0v) is 35.7. The molecule has 284 valence electrons. The second kappa shape index (κ2) is 9.89. The fraction of sp³-hybridized carbons (Fsp3) is 0.0333. The van der Waals surface area contributed by atoms with Crippen LogP contribution < -0.4 is 0 Å². The number of rotatable bonds is 0. The van der Waals surface area contributed by atoms with Gasteiger partial charge in [0.1, 0.15) is 0 Å². The predicted octanol–water partition coefficient (Wildman–Crippen LogP) is 18.6. The first-order valence-corrected chi connectivity index (χ1v) is 24.9. The highest BCUT2D eigenvalue weighted by molar-refractivity contribution is 8.00. The van der Waals surface area contributed by atoms with Crippen LogP contribution >= 0.6 is 34.4 Å². The molecule has 2 aliphatic rings. The summed E-state index contributed by atoms with van der Waals surface area (Å²) in [6, 6.07) is 49.7. The van der Waals surface area contributed by atoms with Gasteiger partial charge in [0.15, 0.2) is 0 Å². The molecule has 0 radical (unpaired) electrons. The molecule has 3 heterocycles. The Hall–Kier alpha value is -6.75. The van der Waals surface area contributed by atoms with Crippen molar-refractivity contribution in [2.45, 2.75) is 10.8 Å². The lowest BCUT2D eigenvalue weighted by Gasteiger charge is -2.31. The Morgan fingerprint density at radius 1 is 0.302 bits per heavy atom. The molecule has 0 saturated heterocycles. The maximum atomic E-state index is 2.60. The zero-order chi connectivity index (χ0) is 39.9. The molecule has 0 bridgehead atoms. The van der Waals surface area contributed by atoms with Crippen LogP contribution in [0.2, 0.25) is 0 Å². The molecule has 0 nitrogen and oxygen atoms in total. The fourth-order valence-corrected chi connectivity index (χ4v) is 17.6. The van der Waals surface area contributed by atoms with Crippen LogP contribution in [0.15, 0.2) is 143 Å². The van der Waals surface area contributed by atoms with E-state index in [1.807, 2.05) is 22.7 Å². The fourth-order valence-electron chi connectivity index (χ4n) is 14.0. The van der Waals surface area contributed by atoms with E-state index in [0.29, 0.717) is 5.92 Å². The molecule has 0 fully saturated rings. The van der Waals surface area contributed by atoms with Crippen LogP contribution in [0.3, 0.4) is 0 Å².